The number of rotatable bonds is 7. The highest BCUT2D eigenvalue weighted by Crippen LogP contribution is 2.14. The summed E-state index contributed by atoms with van der Waals surface area (Å²) < 4.78 is 1.65. The molecule has 2 N–H and O–H groups in total. The molecular weight excluding hydrogens is 340 g/mol. The quantitative estimate of drug-likeness (QED) is 0.633. The van der Waals surface area contributed by atoms with Crippen molar-refractivity contribution >= 4 is 17.3 Å². The number of hydrogen-bond donors (Lipinski definition) is 2. The summed E-state index contributed by atoms with van der Waals surface area (Å²) in [5.74, 6) is -0.368. The van der Waals surface area contributed by atoms with E-state index in [0.717, 1.165) is 18.4 Å². The molecule has 0 aliphatic carbocycles. The van der Waals surface area contributed by atoms with Crippen LogP contribution in [0.25, 0.3) is 5.52 Å². The maximum absolute atomic E-state index is 12.7. The molecule has 3 rings (SSSR count). The van der Waals surface area contributed by atoms with Gasteiger partial charge in [-0.05, 0) is 31.0 Å². The van der Waals surface area contributed by atoms with Crippen molar-refractivity contribution in [1.29, 1.82) is 0 Å². The summed E-state index contributed by atoms with van der Waals surface area (Å²) in [6.07, 6.45) is 3.64. The molecule has 2 heterocycles. The number of fused-ring (bicyclic) bond motifs is 1. The molecule has 2 aromatic heterocycles. The van der Waals surface area contributed by atoms with Crippen LogP contribution < -0.4 is 10.6 Å². The SMILES string of the molecule is CCCCNC(=O)c1nc(C(=O)NCc2ccc(C)cc2)n2ccccc12. The lowest BCUT2D eigenvalue weighted by atomic mass is 10.1. The molecule has 3 aromatic rings. The number of benzene rings is 1. The first kappa shape index (κ1) is 18.6. The number of amides is 2. The lowest BCUT2D eigenvalue weighted by molar-refractivity contribution is 0.0940. The summed E-state index contributed by atoms with van der Waals surface area (Å²) >= 11 is 0. The summed E-state index contributed by atoms with van der Waals surface area (Å²) in [4.78, 5) is 29.5. The largest absolute Gasteiger partial charge is 0.351 e. The molecule has 0 saturated heterocycles. The maximum Gasteiger partial charge on any atom is 0.287 e. The highest BCUT2D eigenvalue weighted by Gasteiger charge is 2.21. The first-order chi connectivity index (χ1) is 13.1. The van der Waals surface area contributed by atoms with Crippen molar-refractivity contribution in [2.75, 3.05) is 6.54 Å². The van der Waals surface area contributed by atoms with Gasteiger partial charge in [-0.25, -0.2) is 4.98 Å². The van der Waals surface area contributed by atoms with Gasteiger partial charge in [0.1, 0.15) is 0 Å². The van der Waals surface area contributed by atoms with Crippen molar-refractivity contribution in [3.63, 3.8) is 0 Å². The van der Waals surface area contributed by atoms with E-state index >= 15 is 0 Å². The van der Waals surface area contributed by atoms with Crippen LogP contribution in [-0.2, 0) is 6.54 Å². The predicted octanol–water partition coefficient (Wildman–Crippen LogP) is 3.10. The Labute approximate surface area is 158 Å². The second kappa shape index (κ2) is 8.49. The summed E-state index contributed by atoms with van der Waals surface area (Å²) in [6, 6.07) is 13.4. The van der Waals surface area contributed by atoms with E-state index in [2.05, 4.69) is 22.5 Å². The Balaban J connectivity index is 1.80. The van der Waals surface area contributed by atoms with Gasteiger partial charge in [-0.2, -0.15) is 0 Å². The minimum atomic E-state index is -0.315. The van der Waals surface area contributed by atoms with E-state index in [1.165, 1.54) is 5.56 Å². The highest BCUT2D eigenvalue weighted by molar-refractivity contribution is 6.02. The zero-order valence-corrected chi connectivity index (χ0v) is 15.7. The standard InChI is InChI=1S/C21H24N4O2/c1-3-4-12-22-20(26)18-17-7-5-6-13-25(17)19(24-18)21(27)23-14-16-10-8-15(2)9-11-16/h5-11,13H,3-4,12,14H2,1-2H3,(H,22,26)(H,23,27). The van der Waals surface area contributed by atoms with Gasteiger partial charge in [-0.1, -0.05) is 49.2 Å². The van der Waals surface area contributed by atoms with Gasteiger partial charge < -0.3 is 10.6 Å². The predicted molar refractivity (Wildman–Crippen MR) is 105 cm³/mol. The summed E-state index contributed by atoms with van der Waals surface area (Å²) in [7, 11) is 0. The minimum absolute atomic E-state index is 0.207. The Hall–Kier alpha value is -3.15. The number of nitrogens with zero attached hydrogens (tertiary/aromatic N) is 2. The molecule has 2 amide bonds. The molecule has 140 valence electrons. The molecule has 0 atom stereocenters. The van der Waals surface area contributed by atoms with E-state index in [1.807, 2.05) is 43.3 Å². The van der Waals surface area contributed by atoms with Crippen molar-refractivity contribution in [1.82, 2.24) is 20.0 Å². The van der Waals surface area contributed by atoms with E-state index in [4.69, 9.17) is 0 Å². The highest BCUT2D eigenvalue weighted by atomic mass is 16.2. The molecule has 0 radical (unpaired) electrons. The van der Waals surface area contributed by atoms with Crippen molar-refractivity contribution in [2.24, 2.45) is 0 Å². The lowest BCUT2D eigenvalue weighted by Crippen LogP contribution is -2.26. The first-order valence-electron chi connectivity index (χ1n) is 9.19. The first-order valence-corrected chi connectivity index (χ1v) is 9.19. The molecule has 0 unspecified atom stereocenters. The van der Waals surface area contributed by atoms with Crippen LogP contribution in [0.15, 0.2) is 48.7 Å². The van der Waals surface area contributed by atoms with Crippen LogP contribution in [0.2, 0.25) is 0 Å². The van der Waals surface area contributed by atoms with E-state index in [1.54, 1.807) is 16.7 Å². The van der Waals surface area contributed by atoms with Crippen LogP contribution >= 0.6 is 0 Å². The fourth-order valence-corrected chi connectivity index (χ4v) is 2.79. The smallest absolute Gasteiger partial charge is 0.287 e. The summed E-state index contributed by atoms with van der Waals surface area (Å²) in [6.45, 7) is 5.08. The zero-order valence-electron chi connectivity index (χ0n) is 15.7. The monoisotopic (exact) mass is 364 g/mol. The fourth-order valence-electron chi connectivity index (χ4n) is 2.79. The Morgan fingerprint density at radius 1 is 1.04 bits per heavy atom. The number of nitrogens with one attached hydrogen (secondary N) is 2. The van der Waals surface area contributed by atoms with Crippen LogP contribution in [0.3, 0.4) is 0 Å². The molecule has 6 nitrogen and oxygen atoms in total. The number of carbonyl (C=O) groups excluding carboxylic acids is 2. The Morgan fingerprint density at radius 3 is 2.56 bits per heavy atom. The molecule has 0 bridgehead atoms. The van der Waals surface area contributed by atoms with Crippen LogP contribution in [0, 0.1) is 6.92 Å². The third-order valence-electron chi connectivity index (χ3n) is 4.36. The fraction of sp³-hybridized carbons (Fsp3) is 0.286. The molecule has 0 fully saturated rings. The van der Waals surface area contributed by atoms with Gasteiger partial charge >= 0.3 is 0 Å². The van der Waals surface area contributed by atoms with Gasteiger partial charge in [0, 0.05) is 19.3 Å². The number of imidazole rings is 1. The van der Waals surface area contributed by atoms with Crippen LogP contribution in [-0.4, -0.2) is 27.7 Å². The number of hydrogen-bond acceptors (Lipinski definition) is 3. The number of aryl methyl sites for hydroxylation is 1. The molecule has 0 spiro atoms. The zero-order chi connectivity index (χ0) is 19.2. The molecule has 27 heavy (non-hydrogen) atoms. The van der Waals surface area contributed by atoms with Gasteiger partial charge in [0.05, 0.1) is 5.52 Å². The van der Waals surface area contributed by atoms with Gasteiger partial charge in [-0.15, -0.1) is 0 Å². The Kier molecular flexibility index (Phi) is 5.86. The van der Waals surface area contributed by atoms with E-state index in [0.29, 0.717) is 18.6 Å². The average Bonchev–Trinajstić information content (AvgIpc) is 3.07. The molecule has 0 saturated carbocycles. The maximum atomic E-state index is 12.7. The van der Waals surface area contributed by atoms with E-state index in [-0.39, 0.29) is 23.3 Å². The van der Waals surface area contributed by atoms with E-state index < -0.39 is 0 Å². The van der Waals surface area contributed by atoms with Gasteiger partial charge in [-0.3, -0.25) is 14.0 Å². The number of unbranched alkanes of at least 4 members (excludes halogenated alkanes) is 1. The molecule has 1 aromatic carbocycles. The van der Waals surface area contributed by atoms with Gasteiger partial charge in [0.2, 0.25) is 5.82 Å². The third-order valence-corrected chi connectivity index (χ3v) is 4.36. The van der Waals surface area contributed by atoms with Crippen molar-refractivity contribution in [3.8, 4) is 0 Å². The third kappa shape index (κ3) is 4.34. The summed E-state index contributed by atoms with van der Waals surface area (Å²) in [5, 5.41) is 5.74. The lowest BCUT2D eigenvalue weighted by Gasteiger charge is -2.05. The Morgan fingerprint density at radius 2 is 1.81 bits per heavy atom. The van der Waals surface area contributed by atoms with Crippen molar-refractivity contribution in [3.05, 3.63) is 71.3 Å². The second-order valence-corrected chi connectivity index (χ2v) is 6.52. The molecule has 0 aliphatic rings. The van der Waals surface area contributed by atoms with E-state index in [9.17, 15) is 9.59 Å². The number of pyridine rings is 1. The van der Waals surface area contributed by atoms with Crippen LogP contribution in [0.5, 0.6) is 0 Å². The number of aromatic nitrogens is 2. The normalized spacial score (nSPS) is 10.7. The Bertz CT molecular complexity index is 944. The van der Waals surface area contributed by atoms with Crippen LogP contribution in [0.1, 0.15) is 52.0 Å². The van der Waals surface area contributed by atoms with Crippen LogP contribution in [0.4, 0.5) is 0 Å². The number of carbonyl (C=O) groups is 2. The molecule has 6 heteroatoms. The second-order valence-electron chi connectivity index (χ2n) is 6.52. The van der Waals surface area contributed by atoms with Crippen molar-refractivity contribution in [2.45, 2.75) is 33.2 Å². The van der Waals surface area contributed by atoms with Crippen molar-refractivity contribution < 1.29 is 9.59 Å². The molecule has 0 aliphatic heterocycles. The van der Waals surface area contributed by atoms with Gasteiger partial charge in [0.15, 0.2) is 5.69 Å². The summed E-state index contributed by atoms with van der Waals surface area (Å²) in [5.41, 5.74) is 3.06. The van der Waals surface area contributed by atoms with Gasteiger partial charge in [0.25, 0.3) is 11.8 Å². The topological polar surface area (TPSA) is 75.5 Å². The average molecular weight is 364 g/mol. The minimum Gasteiger partial charge on any atom is -0.351 e. The molecular formula is C21H24N4O2.